The molecule has 2 rings (SSSR count). The maximum Gasteiger partial charge on any atom is 0.319 e. The van der Waals surface area contributed by atoms with Gasteiger partial charge in [-0.15, -0.1) is 0 Å². The fourth-order valence-corrected chi connectivity index (χ4v) is 2.64. The number of carbonyl (C=O) groups excluding carboxylic acids is 1. The monoisotopic (exact) mass is 290 g/mol. The Morgan fingerprint density at radius 2 is 2.10 bits per heavy atom. The van der Waals surface area contributed by atoms with Gasteiger partial charge in [0.15, 0.2) is 0 Å². The van der Waals surface area contributed by atoms with Gasteiger partial charge in [-0.1, -0.05) is 12.1 Å². The van der Waals surface area contributed by atoms with Crippen molar-refractivity contribution in [2.45, 2.75) is 31.8 Å². The van der Waals surface area contributed by atoms with Crippen molar-refractivity contribution in [3.63, 3.8) is 0 Å². The lowest BCUT2D eigenvalue weighted by molar-refractivity contribution is 0.245. The van der Waals surface area contributed by atoms with E-state index in [0.717, 1.165) is 18.7 Å². The normalized spacial score (nSPS) is 20.2. The Bertz CT molecular complexity index is 460. The van der Waals surface area contributed by atoms with Crippen LogP contribution in [0.3, 0.4) is 0 Å². The highest BCUT2D eigenvalue weighted by Gasteiger charge is 2.20. The molecule has 0 aromatic heterocycles. The Morgan fingerprint density at radius 3 is 2.67 bits per heavy atom. The van der Waals surface area contributed by atoms with Gasteiger partial charge in [0, 0.05) is 24.3 Å². The van der Waals surface area contributed by atoms with Gasteiger partial charge in [-0.25, -0.2) is 4.79 Å². The average Bonchev–Trinajstić information content (AvgIpc) is 2.90. The fraction of sp³-hybridized carbons (Fsp3) is 0.562. The van der Waals surface area contributed by atoms with Gasteiger partial charge < -0.3 is 20.9 Å². The zero-order valence-electron chi connectivity index (χ0n) is 13.1. The lowest BCUT2D eigenvalue weighted by Gasteiger charge is -2.19. The van der Waals surface area contributed by atoms with Crippen LogP contribution in [0.4, 0.5) is 10.5 Å². The number of amides is 2. The molecule has 0 bridgehead atoms. The smallest absolute Gasteiger partial charge is 0.319 e. The molecule has 5 heteroatoms. The molecule has 1 aliphatic rings. The first-order valence-electron chi connectivity index (χ1n) is 7.62. The van der Waals surface area contributed by atoms with Crippen LogP contribution in [0.15, 0.2) is 24.3 Å². The molecule has 116 valence electrons. The van der Waals surface area contributed by atoms with Crippen molar-refractivity contribution in [1.29, 1.82) is 0 Å². The molecule has 1 aromatic rings. The summed E-state index contributed by atoms with van der Waals surface area (Å²) in [5.41, 5.74) is 2.02. The summed E-state index contributed by atoms with van der Waals surface area (Å²) >= 11 is 0. The number of urea groups is 1. The third-order valence-electron chi connectivity index (χ3n) is 4.27. The van der Waals surface area contributed by atoms with E-state index < -0.39 is 0 Å². The van der Waals surface area contributed by atoms with E-state index in [2.05, 4.69) is 34.8 Å². The summed E-state index contributed by atoms with van der Waals surface area (Å²) in [7, 11) is 4.04. The highest BCUT2D eigenvalue weighted by molar-refractivity contribution is 5.89. The van der Waals surface area contributed by atoms with Crippen molar-refractivity contribution < 1.29 is 4.79 Å². The maximum absolute atomic E-state index is 11.9. The predicted molar refractivity (Wildman–Crippen MR) is 86.6 cm³/mol. The van der Waals surface area contributed by atoms with Gasteiger partial charge in [0.05, 0.1) is 0 Å². The van der Waals surface area contributed by atoms with E-state index in [1.165, 1.54) is 12.0 Å². The molecule has 1 fully saturated rings. The SMILES string of the molecule is CNC(C)c1ccc(NC(=O)NCC2CCCN2C)cc1. The van der Waals surface area contributed by atoms with Crippen LogP contribution < -0.4 is 16.0 Å². The summed E-state index contributed by atoms with van der Waals surface area (Å²) in [6, 6.07) is 8.57. The number of likely N-dealkylation sites (tertiary alicyclic amines) is 1. The lowest BCUT2D eigenvalue weighted by atomic mass is 10.1. The molecule has 0 spiro atoms. The molecular formula is C16H26N4O. The minimum Gasteiger partial charge on any atom is -0.336 e. The number of nitrogens with one attached hydrogen (secondary N) is 3. The van der Waals surface area contributed by atoms with Crippen LogP contribution in [-0.4, -0.2) is 44.2 Å². The number of hydrogen-bond donors (Lipinski definition) is 3. The molecule has 1 saturated heterocycles. The second-order valence-corrected chi connectivity index (χ2v) is 5.74. The van der Waals surface area contributed by atoms with Crippen LogP contribution in [0.5, 0.6) is 0 Å². The first kappa shape index (κ1) is 15.8. The van der Waals surface area contributed by atoms with Gasteiger partial charge in [-0.05, 0) is 58.1 Å². The predicted octanol–water partition coefficient (Wildman–Crippen LogP) is 2.18. The van der Waals surface area contributed by atoms with Gasteiger partial charge in [0.2, 0.25) is 0 Å². The van der Waals surface area contributed by atoms with Gasteiger partial charge in [0.25, 0.3) is 0 Å². The van der Waals surface area contributed by atoms with Crippen molar-refractivity contribution in [2.24, 2.45) is 0 Å². The van der Waals surface area contributed by atoms with Crippen molar-refractivity contribution in [1.82, 2.24) is 15.5 Å². The number of carbonyl (C=O) groups is 1. The Hall–Kier alpha value is -1.59. The number of likely N-dealkylation sites (N-methyl/N-ethyl adjacent to an activating group) is 1. The molecule has 2 amide bonds. The van der Waals surface area contributed by atoms with E-state index in [1.807, 2.05) is 31.3 Å². The molecule has 5 nitrogen and oxygen atoms in total. The molecule has 2 atom stereocenters. The number of nitrogens with zero attached hydrogens (tertiary/aromatic N) is 1. The molecule has 21 heavy (non-hydrogen) atoms. The number of benzene rings is 1. The third-order valence-corrected chi connectivity index (χ3v) is 4.27. The quantitative estimate of drug-likeness (QED) is 0.779. The molecule has 1 heterocycles. The summed E-state index contributed by atoms with van der Waals surface area (Å²) < 4.78 is 0. The standard InChI is InChI=1S/C16H26N4O/c1-12(17-2)13-6-8-14(9-7-13)19-16(21)18-11-15-5-4-10-20(15)3/h6-9,12,15,17H,4-5,10-11H2,1-3H3,(H2,18,19,21). The Kier molecular flexibility index (Phi) is 5.59. The molecule has 3 N–H and O–H groups in total. The summed E-state index contributed by atoms with van der Waals surface area (Å²) in [6.07, 6.45) is 2.38. The lowest BCUT2D eigenvalue weighted by Crippen LogP contribution is -2.40. The maximum atomic E-state index is 11.9. The van der Waals surface area contributed by atoms with Crippen molar-refractivity contribution in [3.05, 3.63) is 29.8 Å². The Balaban J connectivity index is 1.79. The van der Waals surface area contributed by atoms with Crippen LogP contribution in [0, 0.1) is 0 Å². The molecule has 1 aliphatic heterocycles. The van der Waals surface area contributed by atoms with Crippen molar-refractivity contribution in [3.8, 4) is 0 Å². The van der Waals surface area contributed by atoms with Gasteiger partial charge >= 0.3 is 6.03 Å². The molecule has 2 unspecified atom stereocenters. The topological polar surface area (TPSA) is 56.4 Å². The van der Waals surface area contributed by atoms with E-state index in [-0.39, 0.29) is 6.03 Å². The zero-order chi connectivity index (χ0) is 15.2. The van der Waals surface area contributed by atoms with Crippen LogP contribution in [0.2, 0.25) is 0 Å². The van der Waals surface area contributed by atoms with Crippen LogP contribution in [0.25, 0.3) is 0 Å². The fourth-order valence-electron chi connectivity index (χ4n) is 2.64. The van der Waals surface area contributed by atoms with Crippen LogP contribution in [0.1, 0.15) is 31.4 Å². The minimum atomic E-state index is -0.135. The third kappa shape index (κ3) is 4.44. The summed E-state index contributed by atoms with van der Waals surface area (Å²) in [4.78, 5) is 14.2. The van der Waals surface area contributed by atoms with Crippen LogP contribution >= 0.6 is 0 Å². The molecular weight excluding hydrogens is 264 g/mol. The van der Waals surface area contributed by atoms with E-state index in [0.29, 0.717) is 18.6 Å². The second kappa shape index (κ2) is 7.43. The summed E-state index contributed by atoms with van der Waals surface area (Å²) in [5, 5.41) is 9.02. The largest absolute Gasteiger partial charge is 0.336 e. The van der Waals surface area contributed by atoms with E-state index in [1.54, 1.807) is 0 Å². The number of hydrogen-bond acceptors (Lipinski definition) is 3. The first-order valence-corrected chi connectivity index (χ1v) is 7.62. The van der Waals surface area contributed by atoms with Gasteiger partial charge in [-0.2, -0.15) is 0 Å². The van der Waals surface area contributed by atoms with Crippen molar-refractivity contribution >= 4 is 11.7 Å². The molecule has 0 aliphatic carbocycles. The first-order chi connectivity index (χ1) is 10.1. The van der Waals surface area contributed by atoms with E-state index in [9.17, 15) is 4.79 Å². The van der Waals surface area contributed by atoms with Crippen LogP contribution in [-0.2, 0) is 0 Å². The Morgan fingerprint density at radius 1 is 1.38 bits per heavy atom. The highest BCUT2D eigenvalue weighted by atomic mass is 16.2. The van der Waals surface area contributed by atoms with Gasteiger partial charge in [-0.3, -0.25) is 0 Å². The minimum absolute atomic E-state index is 0.135. The van der Waals surface area contributed by atoms with Crippen molar-refractivity contribution in [2.75, 3.05) is 32.5 Å². The highest BCUT2D eigenvalue weighted by Crippen LogP contribution is 2.16. The average molecular weight is 290 g/mol. The zero-order valence-corrected chi connectivity index (χ0v) is 13.1. The van der Waals surface area contributed by atoms with Gasteiger partial charge in [0.1, 0.15) is 0 Å². The van der Waals surface area contributed by atoms with E-state index in [4.69, 9.17) is 0 Å². The summed E-state index contributed by atoms with van der Waals surface area (Å²) in [5.74, 6) is 0. The van der Waals surface area contributed by atoms with E-state index >= 15 is 0 Å². The molecule has 0 saturated carbocycles. The molecule has 0 radical (unpaired) electrons. The summed E-state index contributed by atoms with van der Waals surface area (Å²) in [6.45, 7) is 3.93. The number of anilines is 1. The number of rotatable bonds is 5. The molecule has 1 aromatic carbocycles. The Labute approximate surface area is 127 Å². The second-order valence-electron chi connectivity index (χ2n) is 5.74.